The van der Waals surface area contributed by atoms with E-state index in [0.717, 1.165) is 22.4 Å². The van der Waals surface area contributed by atoms with Crippen molar-refractivity contribution >= 4 is 11.0 Å². The third-order valence-electron chi connectivity index (χ3n) is 4.25. The Morgan fingerprint density at radius 2 is 1.74 bits per heavy atom. The molecule has 0 aliphatic rings. The molecule has 0 aliphatic carbocycles. The molecule has 0 amide bonds. The van der Waals surface area contributed by atoms with Crippen LogP contribution in [0.5, 0.6) is 11.5 Å². The van der Waals surface area contributed by atoms with Gasteiger partial charge in [0.05, 0.1) is 17.6 Å². The molecule has 27 heavy (non-hydrogen) atoms. The normalized spacial score (nSPS) is 10.9. The van der Waals surface area contributed by atoms with Gasteiger partial charge in [-0.3, -0.25) is 0 Å². The lowest BCUT2D eigenvalue weighted by molar-refractivity contribution is 0.266. The van der Waals surface area contributed by atoms with Crippen molar-refractivity contribution in [3.8, 4) is 22.9 Å². The molecule has 1 aromatic heterocycles. The van der Waals surface area contributed by atoms with Crippen molar-refractivity contribution in [1.82, 2.24) is 9.97 Å². The topological polar surface area (TPSA) is 47.1 Å². The van der Waals surface area contributed by atoms with E-state index in [-0.39, 0.29) is 12.4 Å². The molecule has 0 aliphatic heterocycles. The number of H-pyrrole nitrogens is 1. The van der Waals surface area contributed by atoms with Gasteiger partial charge in [-0.15, -0.1) is 0 Å². The van der Waals surface area contributed by atoms with E-state index in [2.05, 4.69) is 9.97 Å². The molecule has 3 aromatic carbocycles. The van der Waals surface area contributed by atoms with Crippen LogP contribution in [-0.4, -0.2) is 16.6 Å². The Bertz CT molecular complexity index is 1040. The fourth-order valence-corrected chi connectivity index (χ4v) is 2.90. The molecule has 1 N–H and O–H groups in total. The maximum atomic E-state index is 13.8. The van der Waals surface area contributed by atoms with Gasteiger partial charge in [-0.05, 0) is 43.3 Å². The molecule has 0 saturated carbocycles. The molecule has 0 radical (unpaired) electrons. The molecule has 136 valence electrons. The van der Waals surface area contributed by atoms with E-state index in [1.165, 1.54) is 6.07 Å². The minimum absolute atomic E-state index is 0.136. The lowest BCUT2D eigenvalue weighted by Crippen LogP contribution is -2.01. The predicted octanol–water partition coefficient (Wildman–Crippen LogP) is 5.35. The van der Waals surface area contributed by atoms with Gasteiger partial charge in [0.25, 0.3) is 0 Å². The summed E-state index contributed by atoms with van der Waals surface area (Å²) in [4.78, 5) is 7.93. The zero-order valence-corrected chi connectivity index (χ0v) is 14.9. The van der Waals surface area contributed by atoms with Crippen molar-refractivity contribution in [3.63, 3.8) is 0 Å². The lowest BCUT2D eigenvalue weighted by Gasteiger charge is -2.13. The summed E-state index contributed by atoms with van der Waals surface area (Å²) in [6.45, 7) is 2.55. The third kappa shape index (κ3) is 3.62. The van der Waals surface area contributed by atoms with Crippen molar-refractivity contribution in [2.75, 3.05) is 6.61 Å². The largest absolute Gasteiger partial charge is 0.490 e. The smallest absolute Gasteiger partial charge is 0.161 e. The first-order chi connectivity index (χ1) is 13.2. The summed E-state index contributed by atoms with van der Waals surface area (Å²) in [6, 6.07) is 20.1. The summed E-state index contributed by atoms with van der Waals surface area (Å²) in [7, 11) is 0. The van der Waals surface area contributed by atoms with Gasteiger partial charge in [0, 0.05) is 11.1 Å². The van der Waals surface area contributed by atoms with Crippen LogP contribution in [-0.2, 0) is 6.61 Å². The number of para-hydroxylation sites is 2. The number of halogens is 1. The highest BCUT2D eigenvalue weighted by Gasteiger charge is 2.12. The molecular weight excluding hydrogens is 343 g/mol. The summed E-state index contributed by atoms with van der Waals surface area (Å²) in [5, 5.41) is 0. The van der Waals surface area contributed by atoms with Gasteiger partial charge >= 0.3 is 0 Å². The molecular formula is C22H19FN2O2. The number of aromatic amines is 1. The molecule has 4 rings (SSSR count). The average Bonchev–Trinajstić information content (AvgIpc) is 3.12. The summed E-state index contributed by atoms with van der Waals surface area (Å²) >= 11 is 0. The number of hydrogen-bond acceptors (Lipinski definition) is 3. The Balaban J connectivity index is 1.62. The van der Waals surface area contributed by atoms with Crippen molar-refractivity contribution in [3.05, 3.63) is 78.1 Å². The number of nitrogens with one attached hydrogen (secondary N) is 1. The molecule has 0 bridgehead atoms. The van der Waals surface area contributed by atoms with E-state index in [1.807, 2.05) is 49.4 Å². The Labute approximate surface area is 156 Å². The monoisotopic (exact) mass is 362 g/mol. The molecule has 0 spiro atoms. The summed E-state index contributed by atoms with van der Waals surface area (Å²) in [5.41, 5.74) is 3.28. The third-order valence-corrected chi connectivity index (χ3v) is 4.25. The highest BCUT2D eigenvalue weighted by molar-refractivity contribution is 5.79. The van der Waals surface area contributed by atoms with Crippen LogP contribution in [0.4, 0.5) is 4.39 Å². The Hall–Kier alpha value is -3.34. The van der Waals surface area contributed by atoms with Crippen LogP contribution in [0.15, 0.2) is 66.7 Å². The Kier molecular flexibility index (Phi) is 4.75. The Morgan fingerprint density at radius 3 is 2.56 bits per heavy atom. The van der Waals surface area contributed by atoms with Gasteiger partial charge < -0.3 is 14.5 Å². The fourth-order valence-electron chi connectivity index (χ4n) is 2.90. The average molecular weight is 362 g/mol. The van der Waals surface area contributed by atoms with E-state index in [0.29, 0.717) is 23.7 Å². The highest BCUT2D eigenvalue weighted by Crippen LogP contribution is 2.33. The second-order valence-corrected chi connectivity index (χ2v) is 6.08. The molecule has 0 unspecified atom stereocenters. The minimum atomic E-state index is -0.283. The SMILES string of the molecule is CCOc1cc(-c2nc3ccccc3[nH]2)ccc1OCc1ccccc1F. The summed E-state index contributed by atoms with van der Waals surface area (Å²) in [5.74, 6) is 1.65. The van der Waals surface area contributed by atoms with Gasteiger partial charge in [-0.1, -0.05) is 30.3 Å². The van der Waals surface area contributed by atoms with Crippen molar-refractivity contribution in [2.24, 2.45) is 0 Å². The van der Waals surface area contributed by atoms with E-state index >= 15 is 0 Å². The summed E-state index contributed by atoms with van der Waals surface area (Å²) < 4.78 is 25.3. The number of nitrogens with zero attached hydrogens (tertiary/aromatic N) is 1. The number of ether oxygens (including phenoxy) is 2. The van der Waals surface area contributed by atoms with Crippen LogP contribution in [0, 0.1) is 5.82 Å². The predicted molar refractivity (Wildman–Crippen MR) is 103 cm³/mol. The zero-order chi connectivity index (χ0) is 18.6. The van der Waals surface area contributed by atoms with Gasteiger partial charge in [0.2, 0.25) is 0 Å². The van der Waals surface area contributed by atoms with Crippen molar-refractivity contribution in [1.29, 1.82) is 0 Å². The number of imidazole rings is 1. The molecule has 1 heterocycles. The molecule has 0 fully saturated rings. The first kappa shape index (κ1) is 17.1. The van der Waals surface area contributed by atoms with E-state index < -0.39 is 0 Å². The van der Waals surface area contributed by atoms with Crippen LogP contribution in [0.25, 0.3) is 22.4 Å². The standard InChI is InChI=1S/C22H19FN2O2/c1-2-26-21-13-15(22-24-18-9-5-6-10-19(18)25-22)11-12-20(21)27-14-16-7-3-4-8-17(16)23/h3-13H,2,14H2,1H3,(H,24,25). The van der Waals surface area contributed by atoms with Gasteiger partial charge in [0.15, 0.2) is 11.5 Å². The van der Waals surface area contributed by atoms with Gasteiger partial charge in [0.1, 0.15) is 18.2 Å². The quantitative estimate of drug-likeness (QED) is 0.503. The molecule has 4 aromatic rings. The first-order valence-corrected chi connectivity index (χ1v) is 8.83. The van der Waals surface area contributed by atoms with Gasteiger partial charge in [-0.2, -0.15) is 0 Å². The van der Waals surface area contributed by atoms with Crippen LogP contribution in [0.2, 0.25) is 0 Å². The number of aromatic nitrogens is 2. The fraction of sp³-hybridized carbons (Fsp3) is 0.136. The van der Waals surface area contributed by atoms with Gasteiger partial charge in [-0.25, -0.2) is 9.37 Å². The van der Waals surface area contributed by atoms with E-state index in [1.54, 1.807) is 18.2 Å². The number of hydrogen-bond donors (Lipinski definition) is 1. The number of fused-ring (bicyclic) bond motifs is 1. The maximum absolute atomic E-state index is 13.8. The van der Waals surface area contributed by atoms with Crippen LogP contribution < -0.4 is 9.47 Å². The molecule has 0 saturated heterocycles. The number of rotatable bonds is 6. The Morgan fingerprint density at radius 1 is 0.926 bits per heavy atom. The lowest BCUT2D eigenvalue weighted by atomic mass is 10.2. The molecule has 0 atom stereocenters. The molecule has 4 nitrogen and oxygen atoms in total. The molecule has 5 heteroatoms. The van der Waals surface area contributed by atoms with Crippen LogP contribution >= 0.6 is 0 Å². The number of benzene rings is 3. The van der Waals surface area contributed by atoms with Crippen molar-refractivity contribution in [2.45, 2.75) is 13.5 Å². The first-order valence-electron chi connectivity index (χ1n) is 8.83. The van der Waals surface area contributed by atoms with Crippen LogP contribution in [0.3, 0.4) is 0 Å². The summed E-state index contributed by atoms with van der Waals surface area (Å²) in [6.07, 6.45) is 0. The zero-order valence-electron chi connectivity index (χ0n) is 14.9. The van der Waals surface area contributed by atoms with Crippen LogP contribution in [0.1, 0.15) is 12.5 Å². The minimum Gasteiger partial charge on any atom is -0.490 e. The maximum Gasteiger partial charge on any atom is 0.161 e. The van der Waals surface area contributed by atoms with Crippen molar-refractivity contribution < 1.29 is 13.9 Å². The second kappa shape index (κ2) is 7.50. The van der Waals surface area contributed by atoms with E-state index in [9.17, 15) is 4.39 Å². The highest BCUT2D eigenvalue weighted by atomic mass is 19.1. The van der Waals surface area contributed by atoms with E-state index in [4.69, 9.17) is 9.47 Å². The second-order valence-electron chi connectivity index (χ2n) is 6.08.